The summed E-state index contributed by atoms with van der Waals surface area (Å²) in [7, 11) is 0. The van der Waals surface area contributed by atoms with Crippen LogP contribution in [0.25, 0.3) is 11.5 Å². The molecule has 0 spiro atoms. The summed E-state index contributed by atoms with van der Waals surface area (Å²) in [6.45, 7) is 0.834. The molecule has 0 bridgehead atoms. The second-order valence-electron chi connectivity index (χ2n) is 4.94. The van der Waals surface area contributed by atoms with Gasteiger partial charge in [0.15, 0.2) is 5.82 Å². The third-order valence-electron chi connectivity index (χ3n) is 3.40. The number of ether oxygens (including phenoxy) is 1. The van der Waals surface area contributed by atoms with Crippen LogP contribution in [0.15, 0.2) is 27.2 Å². The zero-order valence-corrected chi connectivity index (χ0v) is 12.6. The number of aromatic nitrogens is 2. The van der Waals surface area contributed by atoms with Gasteiger partial charge in [-0.1, -0.05) is 5.16 Å². The Morgan fingerprint density at radius 3 is 3.00 bits per heavy atom. The molecule has 106 valence electrons. The van der Waals surface area contributed by atoms with Crippen LogP contribution in [0.4, 0.5) is 5.69 Å². The van der Waals surface area contributed by atoms with Crippen LogP contribution in [0.5, 0.6) is 0 Å². The van der Waals surface area contributed by atoms with Crippen molar-refractivity contribution in [3.05, 3.63) is 28.5 Å². The van der Waals surface area contributed by atoms with Crippen LogP contribution in [-0.2, 0) is 11.2 Å². The van der Waals surface area contributed by atoms with Crippen LogP contribution in [0.3, 0.4) is 0 Å². The molecule has 1 unspecified atom stereocenters. The molecule has 1 aliphatic rings. The molecule has 1 saturated heterocycles. The van der Waals surface area contributed by atoms with Crippen molar-refractivity contribution in [1.29, 1.82) is 0 Å². The topological polar surface area (TPSA) is 74.2 Å². The van der Waals surface area contributed by atoms with E-state index in [1.165, 1.54) is 6.42 Å². The summed E-state index contributed by atoms with van der Waals surface area (Å²) in [6.07, 6.45) is 4.34. The van der Waals surface area contributed by atoms with E-state index in [0.717, 1.165) is 29.5 Å². The van der Waals surface area contributed by atoms with Crippen molar-refractivity contribution in [3.8, 4) is 11.5 Å². The highest BCUT2D eigenvalue weighted by molar-refractivity contribution is 9.10. The quantitative estimate of drug-likeness (QED) is 0.870. The molecule has 20 heavy (non-hydrogen) atoms. The lowest BCUT2D eigenvalue weighted by Gasteiger charge is -2.20. The molecular weight excluding hydrogens is 322 g/mol. The Balaban J connectivity index is 1.73. The maximum absolute atomic E-state index is 5.77. The minimum Gasteiger partial charge on any atom is -0.398 e. The predicted octanol–water partition coefficient (Wildman–Crippen LogP) is 3.19. The molecule has 1 aromatic carbocycles. The van der Waals surface area contributed by atoms with Crippen LogP contribution in [0.2, 0.25) is 0 Å². The fourth-order valence-electron chi connectivity index (χ4n) is 2.29. The molecule has 3 rings (SSSR count). The Morgan fingerprint density at radius 1 is 1.35 bits per heavy atom. The largest absolute Gasteiger partial charge is 0.398 e. The Labute approximate surface area is 125 Å². The molecule has 1 atom stereocenters. The molecule has 0 saturated carbocycles. The summed E-state index contributed by atoms with van der Waals surface area (Å²) >= 11 is 3.39. The average Bonchev–Trinajstić information content (AvgIpc) is 2.91. The molecule has 0 amide bonds. The van der Waals surface area contributed by atoms with E-state index in [1.807, 2.05) is 18.2 Å². The number of anilines is 1. The SMILES string of the molecule is Nc1ccc(-c2nc(CC3CCCCO3)no2)cc1Br. The van der Waals surface area contributed by atoms with Crippen molar-refractivity contribution >= 4 is 21.6 Å². The van der Waals surface area contributed by atoms with Gasteiger partial charge in [0, 0.05) is 28.8 Å². The molecule has 1 aromatic heterocycles. The minimum atomic E-state index is 0.215. The highest BCUT2D eigenvalue weighted by atomic mass is 79.9. The summed E-state index contributed by atoms with van der Waals surface area (Å²) in [5.41, 5.74) is 7.31. The van der Waals surface area contributed by atoms with Gasteiger partial charge in [-0.2, -0.15) is 4.98 Å². The molecule has 6 heteroatoms. The monoisotopic (exact) mass is 337 g/mol. The normalized spacial score (nSPS) is 19.1. The van der Waals surface area contributed by atoms with Gasteiger partial charge in [0.05, 0.1) is 6.10 Å². The van der Waals surface area contributed by atoms with Gasteiger partial charge in [-0.05, 0) is 53.4 Å². The molecule has 0 radical (unpaired) electrons. The number of benzene rings is 1. The fourth-order valence-corrected chi connectivity index (χ4v) is 2.67. The zero-order valence-electron chi connectivity index (χ0n) is 11.0. The summed E-state index contributed by atoms with van der Waals surface area (Å²) in [4.78, 5) is 4.43. The lowest BCUT2D eigenvalue weighted by Crippen LogP contribution is -2.21. The van der Waals surface area contributed by atoms with Crippen molar-refractivity contribution in [2.24, 2.45) is 0 Å². The van der Waals surface area contributed by atoms with E-state index in [9.17, 15) is 0 Å². The number of hydrogen-bond acceptors (Lipinski definition) is 5. The van der Waals surface area contributed by atoms with Gasteiger partial charge >= 0.3 is 0 Å². The molecule has 2 N–H and O–H groups in total. The second kappa shape index (κ2) is 5.93. The third-order valence-corrected chi connectivity index (χ3v) is 4.09. The second-order valence-corrected chi connectivity index (χ2v) is 5.80. The molecule has 1 fully saturated rings. The number of nitrogens with two attached hydrogens (primary N) is 1. The zero-order chi connectivity index (χ0) is 13.9. The van der Waals surface area contributed by atoms with Gasteiger partial charge in [0.2, 0.25) is 0 Å². The van der Waals surface area contributed by atoms with Crippen LogP contribution < -0.4 is 5.73 Å². The van der Waals surface area contributed by atoms with Gasteiger partial charge in [-0.15, -0.1) is 0 Å². The highest BCUT2D eigenvalue weighted by Crippen LogP contribution is 2.26. The first-order valence-corrected chi connectivity index (χ1v) is 7.51. The fraction of sp³-hybridized carbons (Fsp3) is 0.429. The van der Waals surface area contributed by atoms with E-state index < -0.39 is 0 Å². The van der Waals surface area contributed by atoms with Crippen molar-refractivity contribution in [2.45, 2.75) is 31.8 Å². The van der Waals surface area contributed by atoms with Gasteiger partial charge in [0.25, 0.3) is 5.89 Å². The van der Waals surface area contributed by atoms with Crippen LogP contribution in [-0.4, -0.2) is 22.9 Å². The molecular formula is C14H16BrN3O2. The summed E-state index contributed by atoms with van der Waals surface area (Å²) in [6, 6.07) is 5.56. The Bertz CT molecular complexity index is 594. The third kappa shape index (κ3) is 3.02. The lowest BCUT2D eigenvalue weighted by atomic mass is 10.1. The van der Waals surface area contributed by atoms with E-state index in [0.29, 0.717) is 23.8 Å². The number of nitrogen functional groups attached to an aromatic ring is 1. The molecule has 5 nitrogen and oxygen atoms in total. The molecule has 2 aromatic rings. The number of hydrogen-bond donors (Lipinski definition) is 1. The first kappa shape index (κ1) is 13.6. The molecule has 0 aliphatic carbocycles. The number of nitrogens with zero attached hydrogens (tertiary/aromatic N) is 2. The van der Waals surface area contributed by atoms with Crippen LogP contribution in [0, 0.1) is 0 Å². The Morgan fingerprint density at radius 2 is 2.25 bits per heavy atom. The van der Waals surface area contributed by atoms with E-state index in [-0.39, 0.29) is 6.10 Å². The standard InChI is InChI=1S/C14H16BrN3O2/c15-11-7-9(4-5-12(11)16)14-17-13(18-20-14)8-10-3-1-2-6-19-10/h4-5,7,10H,1-3,6,8,16H2. The lowest BCUT2D eigenvalue weighted by molar-refractivity contribution is 0.0153. The minimum absolute atomic E-state index is 0.215. The van der Waals surface area contributed by atoms with Gasteiger partial charge in [0.1, 0.15) is 0 Å². The first-order chi connectivity index (χ1) is 9.72. The predicted molar refractivity (Wildman–Crippen MR) is 79.1 cm³/mol. The van der Waals surface area contributed by atoms with Crippen molar-refractivity contribution < 1.29 is 9.26 Å². The maximum atomic E-state index is 5.77. The van der Waals surface area contributed by atoms with Gasteiger partial charge in [-0.25, -0.2) is 0 Å². The van der Waals surface area contributed by atoms with Crippen molar-refractivity contribution in [1.82, 2.24) is 10.1 Å². The Hall–Kier alpha value is -1.40. The Kier molecular flexibility index (Phi) is 4.03. The molecule has 2 heterocycles. The van der Waals surface area contributed by atoms with Crippen LogP contribution in [0.1, 0.15) is 25.1 Å². The average molecular weight is 338 g/mol. The maximum Gasteiger partial charge on any atom is 0.257 e. The number of rotatable bonds is 3. The smallest absolute Gasteiger partial charge is 0.257 e. The summed E-state index contributed by atoms with van der Waals surface area (Å²) in [5, 5.41) is 4.03. The molecule has 1 aliphatic heterocycles. The van der Waals surface area contributed by atoms with E-state index in [2.05, 4.69) is 26.1 Å². The van der Waals surface area contributed by atoms with E-state index in [1.54, 1.807) is 0 Å². The summed E-state index contributed by atoms with van der Waals surface area (Å²) < 4.78 is 11.8. The van der Waals surface area contributed by atoms with E-state index >= 15 is 0 Å². The van der Waals surface area contributed by atoms with E-state index in [4.69, 9.17) is 15.0 Å². The van der Waals surface area contributed by atoms with Crippen molar-refractivity contribution in [3.63, 3.8) is 0 Å². The highest BCUT2D eigenvalue weighted by Gasteiger charge is 2.18. The van der Waals surface area contributed by atoms with Gasteiger partial charge in [-0.3, -0.25) is 0 Å². The first-order valence-electron chi connectivity index (χ1n) is 6.72. The summed E-state index contributed by atoms with van der Waals surface area (Å²) in [5.74, 6) is 1.20. The van der Waals surface area contributed by atoms with Gasteiger partial charge < -0.3 is 15.0 Å². The van der Waals surface area contributed by atoms with Crippen LogP contribution >= 0.6 is 15.9 Å². The number of halogens is 1. The van der Waals surface area contributed by atoms with Crippen molar-refractivity contribution in [2.75, 3.05) is 12.3 Å².